The fraction of sp³-hybridized carbons (Fsp3) is 0.231. The van der Waals surface area contributed by atoms with E-state index in [4.69, 9.17) is 0 Å². The van der Waals surface area contributed by atoms with E-state index in [0.717, 1.165) is 18.7 Å². The number of hydrogen-bond acceptors (Lipinski definition) is 5. The molecule has 1 aliphatic rings. The van der Waals surface area contributed by atoms with E-state index < -0.39 is 0 Å². The fourth-order valence-corrected chi connectivity index (χ4v) is 2.13. The van der Waals surface area contributed by atoms with E-state index in [1.807, 2.05) is 0 Å². The molecule has 1 aliphatic heterocycles. The van der Waals surface area contributed by atoms with Crippen LogP contribution in [-0.2, 0) is 13.0 Å². The molecule has 0 saturated heterocycles. The average molecular weight is 258 g/mol. The molecule has 0 amide bonds. The van der Waals surface area contributed by atoms with Gasteiger partial charge in [0.1, 0.15) is 5.75 Å². The highest BCUT2D eigenvalue weighted by Crippen LogP contribution is 2.18. The minimum absolute atomic E-state index is 0.125. The van der Waals surface area contributed by atoms with Crippen molar-refractivity contribution in [3.63, 3.8) is 0 Å². The first kappa shape index (κ1) is 11.7. The van der Waals surface area contributed by atoms with Gasteiger partial charge in [0.15, 0.2) is 0 Å². The zero-order valence-corrected chi connectivity index (χ0v) is 10.2. The number of nitrogens with one attached hydrogen (secondary N) is 3. The second-order valence-corrected chi connectivity index (χ2v) is 4.44. The van der Waals surface area contributed by atoms with Gasteiger partial charge in [-0.1, -0.05) is 6.07 Å². The van der Waals surface area contributed by atoms with Crippen LogP contribution in [0, 0.1) is 0 Å². The predicted molar refractivity (Wildman–Crippen MR) is 71.7 cm³/mol. The second-order valence-electron chi connectivity index (χ2n) is 4.44. The van der Waals surface area contributed by atoms with Crippen LogP contribution in [0.1, 0.15) is 11.3 Å². The summed E-state index contributed by atoms with van der Waals surface area (Å²) < 4.78 is 0. The summed E-state index contributed by atoms with van der Waals surface area (Å²) in [6.07, 6.45) is 0.744. The number of aromatic amines is 1. The number of phenolic OH excluding ortho intramolecular Hbond substituents is 1. The molecule has 0 unspecified atom stereocenters. The van der Waals surface area contributed by atoms with E-state index in [1.165, 1.54) is 0 Å². The third-order valence-corrected chi connectivity index (χ3v) is 3.05. The molecule has 0 bridgehead atoms. The first-order valence-corrected chi connectivity index (χ1v) is 6.11. The van der Waals surface area contributed by atoms with Crippen LogP contribution in [0.25, 0.3) is 0 Å². The molecule has 6 nitrogen and oxygen atoms in total. The molecule has 0 atom stereocenters. The summed E-state index contributed by atoms with van der Waals surface area (Å²) in [4.78, 5) is 19.0. The summed E-state index contributed by atoms with van der Waals surface area (Å²) >= 11 is 0. The van der Waals surface area contributed by atoms with E-state index in [1.54, 1.807) is 24.3 Å². The molecule has 6 heteroatoms. The molecule has 0 radical (unpaired) electrons. The first-order valence-electron chi connectivity index (χ1n) is 6.11. The Labute approximate surface area is 109 Å². The number of anilines is 2. The second kappa shape index (κ2) is 4.74. The van der Waals surface area contributed by atoms with Crippen LogP contribution in [0.4, 0.5) is 11.6 Å². The lowest BCUT2D eigenvalue weighted by molar-refractivity contribution is 0.475. The third kappa shape index (κ3) is 2.43. The van der Waals surface area contributed by atoms with E-state index in [2.05, 4.69) is 20.6 Å². The SMILES string of the molecule is O=c1[nH]c(Nc2cccc(O)c2)nc2c1CNCC2. The molecular weight excluding hydrogens is 244 g/mol. The summed E-state index contributed by atoms with van der Waals surface area (Å²) in [6.45, 7) is 1.39. The maximum absolute atomic E-state index is 11.9. The molecule has 0 aliphatic carbocycles. The normalized spacial score (nSPS) is 13.9. The lowest BCUT2D eigenvalue weighted by Crippen LogP contribution is -2.31. The van der Waals surface area contributed by atoms with E-state index in [9.17, 15) is 9.90 Å². The van der Waals surface area contributed by atoms with Crippen LogP contribution in [0.15, 0.2) is 29.1 Å². The molecule has 2 heterocycles. The van der Waals surface area contributed by atoms with Gasteiger partial charge in [0, 0.05) is 31.3 Å². The van der Waals surface area contributed by atoms with Gasteiger partial charge in [0.25, 0.3) is 5.56 Å². The van der Waals surface area contributed by atoms with E-state index in [0.29, 0.717) is 23.7 Å². The van der Waals surface area contributed by atoms with Crippen molar-refractivity contribution in [3.8, 4) is 5.75 Å². The van der Waals surface area contributed by atoms with Crippen LogP contribution in [0.2, 0.25) is 0 Å². The number of nitrogens with zero attached hydrogens (tertiary/aromatic N) is 1. The van der Waals surface area contributed by atoms with Gasteiger partial charge in [0.2, 0.25) is 5.95 Å². The highest BCUT2D eigenvalue weighted by molar-refractivity contribution is 5.55. The largest absolute Gasteiger partial charge is 0.508 e. The molecule has 0 saturated carbocycles. The van der Waals surface area contributed by atoms with Gasteiger partial charge in [-0.15, -0.1) is 0 Å². The van der Waals surface area contributed by atoms with Gasteiger partial charge in [-0.3, -0.25) is 9.78 Å². The van der Waals surface area contributed by atoms with Gasteiger partial charge in [-0.2, -0.15) is 0 Å². The van der Waals surface area contributed by atoms with Crippen LogP contribution < -0.4 is 16.2 Å². The zero-order chi connectivity index (χ0) is 13.2. The molecule has 1 aromatic carbocycles. The highest BCUT2D eigenvalue weighted by atomic mass is 16.3. The van der Waals surface area contributed by atoms with Gasteiger partial charge < -0.3 is 15.7 Å². The molecule has 2 aromatic rings. The number of hydrogen-bond donors (Lipinski definition) is 4. The number of fused-ring (bicyclic) bond motifs is 1. The molecule has 0 fully saturated rings. The van der Waals surface area contributed by atoms with Gasteiger partial charge in [-0.25, -0.2) is 4.98 Å². The Morgan fingerprint density at radius 3 is 3.11 bits per heavy atom. The zero-order valence-electron chi connectivity index (χ0n) is 10.2. The average Bonchev–Trinajstić information content (AvgIpc) is 2.39. The molecule has 0 spiro atoms. The van der Waals surface area contributed by atoms with Crippen molar-refractivity contribution in [2.24, 2.45) is 0 Å². The van der Waals surface area contributed by atoms with Crippen LogP contribution in [0.3, 0.4) is 0 Å². The third-order valence-electron chi connectivity index (χ3n) is 3.05. The van der Waals surface area contributed by atoms with Gasteiger partial charge in [0.05, 0.1) is 11.3 Å². The minimum atomic E-state index is -0.125. The smallest absolute Gasteiger partial charge is 0.257 e. The van der Waals surface area contributed by atoms with Crippen molar-refractivity contribution in [3.05, 3.63) is 45.9 Å². The van der Waals surface area contributed by atoms with E-state index in [-0.39, 0.29) is 11.3 Å². The Balaban J connectivity index is 1.94. The molecule has 1 aromatic heterocycles. The van der Waals surface area contributed by atoms with Crippen LogP contribution in [0.5, 0.6) is 5.75 Å². The summed E-state index contributed by atoms with van der Waals surface area (Å²) in [7, 11) is 0. The molecule has 4 N–H and O–H groups in total. The first-order chi connectivity index (χ1) is 9.22. The Morgan fingerprint density at radius 1 is 1.37 bits per heavy atom. The summed E-state index contributed by atoms with van der Waals surface area (Å²) in [5, 5.41) is 15.5. The van der Waals surface area contributed by atoms with Gasteiger partial charge in [-0.05, 0) is 12.1 Å². The molecule has 98 valence electrons. The van der Waals surface area contributed by atoms with Gasteiger partial charge >= 0.3 is 0 Å². The Kier molecular flexibility index (Phi) is 2.92. The van der Waals surface area contributed by atoms with Crippen molar-refractivity contribution < 1.29 is 5.11 Å². The number of aromatic nitrogens is 2. The maximum Gasteiger partial charge on any atom is 0.257 e. The highest BCUT2D eigenvalue weighted by Gasteiger charge is 2.15. The molecular formula is C13H14N4O2. The number of rotatable bonds is 2. The quantitative estimate of drug-likeness (QED) is 0.641. The number of benzene rings is 1. The minimum Gasteiger partial charge on any atom is -0.508 e. The summed E-state index contributed by atoms with van der Waals surface area (Å²) in [6, 6.07) is 6.67. The number of H-pyrrole nitrogens is 1. The Hall–Kier alpha value is -2.34. The Bertz CT molecular complexity index is 666. The molecule has 3 rings (SSSR count). The van der Waals surface area contributed by atoms with Crippen molar-refractivity contribution in [2.75, 3.05) is 11.9 Å². The lowest BCUT2D eigenvalue weighted by atomic mass is 10.1. The lowest BCUT2D eigenvalue weighted by Gasteiger charge is -2.16. The monoisotopic (exact) mass is 258 g/mol. The maximum atomic E-state index is 11.9. The predicted octanol–water partition coefficient (Wildman–Crippen LogP) is 0.865. The van der Waals surface area contributed by atoms with Crippen molar-refractivity contribution in [2.45, 2.75) is 13.0 Å². The van der Waals surface area contributed by atoms with Crippen molar-refractivity contribution >= 4 is 11.6 Å². The molecule has 19 heavy (non-hydrogen) atoms. The fourth-order valence-electron chi connectivity index (χ4n) is 2.13. The number of aromatic hydroxyl groups is 1. The van der Waals surface area contributed by atoms with Crippen molar-refractivity contribution in [1.29, 1.82) is 0 Å². The summed E-state index contributed by atoms with van der Waals surface area (Å²) in [5.74, 6) is 0.561. The Morgan fingerprint density at radius 2 is 2.26 bits per heavy atom. The summed E-state index contributed by atoms with van der Waals surface area (Å²) in [5.41, 5.74) is 2.08. The topological polar surface area (TPSA) is 90.0 Å². The van der Waals surface area contributed by atoms with Crippen LogP contribution >= 0.6 is 0 Å². The number of phenols is 1. The van der Waals surface area contributed by atoms with Crippen molar-refractivity contribution in [1.82, 2.24) is 15.3 Å². The standard InChI is InChI=1S/C13H14N4O2/c18-9-3-1-2-8(6-9)15-13-16-11-4-5-14-7-10(11)12(19)17-13/h1-3,6,14,18H,4-5,7H2,(H2,15,16,17,19). The van der Waals surface area contributed by atoms with Crippen LogP contribution in [-0.4, -0.2) is 21.6 Å². The van der Waals surface area contributed by atoms with E-state index >= 15 is 0 Å².